The predicted octanol–water partition coefficient (Wildman–Crippen LogP) is 2.16. The minimum Gasteiger partial charge on any atom is -0.493 e. The number of hydrogen-bond acceptors (Lipinski definition) is 7. The fourth-order valence-corrected chi connectivity index (χ4v) is 3.37. The molecule has 2 aromatic rings. The Labute approximate surface area is 164 Å². The first-order chi connectivity index (χ1) is 13.8. The number of amidine groups is 1. The van der Waals surface area contributed by atoms with E-state index in [-0.39, 0.29) is 41.7 Å². The summed E-state index contributed by atoms with van der Waals surface area (Å²) in [6.45, 7) is -0.853. The van der Waals surface area contributed by atoms with Gasteiger partial charge in [-0.15, -0.1) is 0 Å². The van der Waals surface area contributed by atoms with Gasteiger partial charge in [0.2, 0.25) is 0 Å². The molecule has 1 unspecified atom stereocenters. The molecular formula is C19H15F2N5O3. The number of alkyl halides is 2. The molecule has 0 radical (unpaired) electrons. The zero-order chi connectivity index (χ0) is 20.6. The number of carbonyl (C=O) groups is 1. The van der Waals surface area contributed by atoms with Crippen molar-refractivity contribution in [2.45, 2.75) is 17.9 Å². The monoisotopic (exact) mass is 399 g/mol. The summed E-state index contributed by atoms with van der Waals surface area (Å²) in [5, 5.41) is 11.4. The van der Waals surface area contributed by atoms with Gasteiger partial charge >= 0.3 is 5.92 Å². The van der Waals surface area contributed by atoms with Gasteiger partial charge in [0.25, 0.3) is 11.9 Å². The zero-order valence-electron chi connectivity index (χ0n) is 15.0. The maximum atomic E-state index is 14.9. The van der Waals surface area contributed by atoms with Crippen molar-refractivity contribution in [2.75, 3.05) is 18.5 Å². The van der Waals surface area contributed by atoms with E-state index < -0.39 is 24.0 Å². The number of amides is 1. The Balaban J connectivity index is 1.69. The first-order valence-corrected chi connectivity index (χ1v) is 8.65. The van der Waals surface area contributed by atoms with Crippen molar-refractivity contribution < 1.29 is 23.0 Å². The quantitative estimate of drug-likeness (QED) is 0.798. The highest BCUT2D eigenvalue weighted by molar-refractivity contribution is 6.03. The summed E-state index contributed by atoms with van der Waals surface area (Å²) in [6, 6.07) is 8.86. The van der Waals surface area contributed by atoms with E-state index in [4.69, 9.17) is 20.5 Å². The molecule has 4 rings (SSSR count). The average Bonchev–Trinajstić information content (AvgIpc) is 2.72. The van der Waals surface area contributed by atoms with Gasteiger partial charge < -0.3 is 20.5 Å². The third kappa shape index (κ3) is 3.10. The number of halogens is 2. The van der Waals surface area contributed by atoms with E-state index in [0.717, 1.165) is 0 Å². The van der Waals surface area contributed by atoms with Gasteiger partial charge in [0.1, 0.15) is 17.5 Å². The maximum absolute atomic E-state index is 14.9. The Bertz CT molecular complexity index is 1050. The third-order valence-corrected chi connectivity index (χ3v) is 4.84. The average molecular weight is 399 g/mol. The number of hydrogen-bond donors (Lipinski definition) is 2. The third-order valence-electron chi connectivity index (χ3n) is 4.84. The molecule has 1 aromatic carbocycles. The summed E-state index contributed by atoms with van der Waals surface area (Å²) in [4.78, 5) is 20.3. The lowest BCUT2D eigenvalue weighted by atomic mass is 9.79. The summed E-state index contributed by atoms with van der Waals surface area (Å²) in [5.41, 5.74) is 4.42. The predicted molar refractivity (Wildman–Crippen MR) is 97.7 cm³/mol. The Kier molecular flexibility index (Phi) is 4.30. The minimum absolute atomic E-state index is 0.0419. The molecule has 2 aliphatic rings. The zero-order valence-corrected chi connectivity index (χ0v) is 15.0. The maximum Gasteiger partial charge on any atom is 0.310 e. The molecule has 148 valence electrons. The molecule has 0 bridgehead atoms. The number of nitrogens with one attached hydrogen (secondary N) is 1. The van der Waals surface area contributed by atoms with Crippen molar-refractivity contribution in [3.63, 3.8) is 0 Å². The van der Waals surface area contributed by atoms with E-state index in [1.807, 2.05) is 6.07 Å². The van der Waals surface area contributed by atoms with Crippen LogP contribution >= 0.6 is 0 Å². The molecule has 3 heterocycles. The molecule has 1 aromatic heterocycles. The number of aliphatic imine (C=N–C) groups is 1. The van der Waals surface area contributed by atoms with E-state index >= 15 is 0 Å². The number of benzene rings is 1. The van der Waals surface area contributed by atoms with Crippen molar-refractivity contribution in [3.05, 3.63) is 53.3 Å². The van der Waals surface area contributed by atoms with Gasteiger partial charge in [-0.2, -0.15) is 14.0 Å². The largest absolute Gasteiger partial charge is 0.493 e. The van der Waals surface area contributed by atoms with Crippen LogP contribution in [0.25, 0.3) is 0 Å². The van der Waals surface area contributed by atoms with Crippen LogP contribution in [0.2, 0.25) is 0 Å². The molecule has 0 saturated heterocycles. The van der Waals surface area contributed by atoms with Crippen molar-refractivity contribution in [1.29, 1.82) is 5.26 Å². The molecule has 3 N–H and O–H groups in total. The number of aromatic nitrogens is 1. The van der Waals surface area contributed by atoms with E-state index in [2.05, 4.69) is 15.3 Å². The first kappa shape index (κ1) is 18.6. The Morgan fingerprint density at radius 2 is 2.10 bits per heavy atom. The topological polar surface area (TPSA) is 123 Å². The van der Waals surface area contributed by atoms with Crippen LogP contribution in [0.4, 0.5) is 14.5 Å². The Morgan fingerprint density at radius 3 is 2.83 bits per heavy atom. The van der Waals surface area contributed by atoms with Gasteiger partial charge in [0.15, 0.2) is 12.1 Å². The van der Waals surface area contributed by atoms with Gasteiger partial charge in [0.05, 0.1) is 12.2 Å². The van der Waals surface area contributed by atoms with E-state index in [1.54, 1.807) is 0 Å². The highest BCUT2D eigenvalue weighted by Crippen LogP contribution is 2.51. The summed E-state index contributed by atoms with van der Waals surface area (Å²) in [5.74, 6) is -3.63. The van der Waals surface area contributed by atoms with Gasteiger partial charge in [0, 0.05) is 23.9 Å². The second kappa shape index (κ2) is 6.70. The van der Waals surface area contributed by atoms with Crippen LogP contribution in [0.1, 0.15) is 28.0 Å². The molecule has 0 saturated carbocycles. The van der Waals surface area contributed by atoms with Gasteiger partial charge in [-0.05, 0) is 30.3 Å². The number of carbonyl (C=O) groups excluding carboxylic acids is 1. The number of nitrogens with two attached hydrogens (primary N) is 1. The van der Waals surface area contributed by atoms with Gasteiger partial charge in [-0.25, -0.2) is 9.98 Å². The molecule has 10 heteroatoms. The van der Waals surface area contributed by atoms with Crippen LogP contribution in [0.5, 0.6) is 5.75 Å². The molecule has 29 heavy (non-hydrogen) atoms. The number of nitriles is 1. The van der Waals surface area contributed by atoms with Crippen LogP contribution in [0.15, 0.2) is 41.5 Å². The van der Waals surface area contributed by atoms with E-state index in [9.17, 15) is 13.6 Å². The smallest absolute Gasteiger partial charge is 0.310 e. The molecule has 8 nitrogen and oxygen atoms in total. The first-order valence-electron chi connectivity index (χ1n) is 8.65. The highest BCUT2D eigenvalue weighted by Gasteiger charge is 2.60. The Hall–Kier alpha value is -3.74. The number of nitrogens with zero attached hydrogens (tertiary/aromatic N) is 3. The fourth-order valence-electron chi connectivity index (χ4n) is 3.37. The normalized spacial score (nSPS) is 21.8. The number of pyridine rings is 1. The van der Waals surface area contributed by atoms with Crippen molar-refractivity contribution in [2.24, 2.45) is 10.7 Å². The summed E-state index contributed by atoms with van der Waals surface area (Å²) in [7, 11) is 0. The molecular weight excluding hydrogens is 384 g/mol. The minimum atomic E-state index is -3.31. The van der Waals surface area contributed by atoms with Gasteiger partial charge in [-0.1, -0.05) is 0 Å². The highest BCUT2D eigenvalue weighted by atomic mass is 19.3. The van der Waals surface area contributed by atoms with Crippen LogP contribution < -0.4 is 15.8 Å². The summed E-state index contributed by atoms with van der Waals surface area (Å²) in [6.07, 6.45) is 1.18. The number of anilines is 1. The summed E-state index contributed by atoms with van der Waals surface area (Å²) >= 11 is 0. The molecule has 1 atom stereocenters. The molecule has 2 aliphatic heterocycles. The standard InChI is InChI=1S/C19H15F2N5O3/c20-19(21)10-29-17(23)26-18(19)5-6-28-15-4-2-12(7-13(15)18)25-16(27)14-3-1-11(8-22)9-24-14/h1-4,7,9H,5-6,10H2,(H2,23,26)(H,25,27). The fraction of sp³-hybridized carbons (Fsp3) is 0.263. The van der Waals surface area contributed by atoms with Crippen LogP contribution in [-0.4, -0.2) is 36.0 Å². The second-order valence-corrected chi connectivity index (χ2v) is 6.61. The number of fused-ring (bicyclic) bond motifs is 2. The molecule has 0 aliphatic carbocycles. The lowest BCUT2D eigenvalue weighted by Gasteiger charge is -2.43. The van der Waals surface area contributed by atoms with Crippen LogP contribution in [0, 0.1) is 11.3 Å². The molecule has 0 fully saturated rings. The lowest BCUT2D eigenvalue weighted by molar-refractivity contribution is -0.132. The van der Waals surface area contributed by atoms with Crippen LogP contribution in [0.3, 0.4) is 0 Å². The summed E-state index contributed by atoms with van der Waals surface area (Å²) < 4.78 is 40.0. The number of rotatable bonds is 2. The SMILES string of the molecule is N#Cc1ccc(C(=O)Nc2ccc3c(c2)C2(CCO3)N=C(N)OCC2(F)F)nc1. The van der Waals surface area contributed by atoms with E-state index in [0.29, 0.717) is 5.56 Å². The molecule has 1 amide bonds. The van der Waals surface area contributed by atoms with Crippen LogP contribution in [-0.2, 0) is 10.3 Å². The number of ether oxygens (including phenoxy) is 2. The van der Waals surface area contributed by atoms with Crippen molar-refractivity contribution in [1.82, 2.24) is 4.98 Å². The Morgan fingerprint density at radius 1 is 1.28 bits per heavy atom. The lowest BCUT2D eigenvalue weighted by Crippen LogP contribution is -2.54. The second-order valence-electron chi connectivity index (χ2n) is 6.61. The molecule has 1 spiro atoms. The van der Waals surface area contributed by atoms with Crippen molar-refractivity contribution >= 4 is 17.6 Å². The van der Waals surface area contributed by atoms with Gasteiger partial charge in [-0.3, -0.25) is 4.79 Å². The van der Waals surface area contributed by atoms with E-state index in [1.165, 1.54) is 36.5 Å². The van der Waals surface area contributed by atoms with Crippen molar-refractivity contribution in [3.8, 4) is 11.8 Å².